The number of nitro groups is 1. The third-order valence-corrected chi connectivity index (χ3v) is 3.22. The van der Waals surface area contributed by atoms with Crippen molar-refractivity contribution in [3.8, 4) is 0 Å². The number of halogens is 1. The zero-order valence-corrected chi connectivity index (χ0v) is 9.48. The minimum atomic E-state index is -0.427. The molecule has 5 heteroatoms. The molecule has 2 rings (SSSR count). The van der Waals surface area contributed by atoms with Crippen molar-refractivity contribution in [3.05, 3.63) is 38.9 Å². The van der Waals surface area contributed by atoms with Crippen LogP contribution >= 0.6 is 11.6 Å². The van der Waals surface area contributed by atoms with Crippen LogP contribution in [0.1, 0.15) is 30.9 Å². The first-order chi connectivity index (χ1) is 7.58. The second-order valence-corrected chi connectivity index (χ2v) is 4.66. The number of nitrogens with zero attached hydrogens (tertiary/aromatic N) is 1. The van der Waals surface area contributed by atoms with Gasteiger partial charge in [0.1, 0.15) is 0 Å². The van der Waals surface area contributed by atoms with Crippen molar-refractivity contribution in [3.63, 3.8) is 0 Å². The predicted octanol–water partition coefficient (Wildman–Crippen LogP) is 3.05. The number of nitrogens with two attached hydrogens (primary N) is 1. The zero-order chi connectivity index (χ0) is 11.7. The van der Waals surface area contributed by atoms with Crippen molar-refractivity contribution in [2.75, 3.05) is 0 Å². The molecule has 86 valence electrons. The molecule has 0 radical (unpaired) electrons. The van der Waals surface area contributed by atoms with Crippen LogP contribution in [-0.4, -0.2) is 4.92 Å². The molecule has 0 spiro atoms. The maximum atomic E-state index is 10.6. The van der Waals surface area contributed by atoms with Gasteiger partial charge in [-0.1, -0.05) is 24.4 Å². The molecule has 16 heavy (non-hydrogen) atoms. The zero-order valence-electron chi connectivity index (χ0n) is 8.73. The summed E-state index contributed by atoms with van der Waals surface area (Å²) < 4.78 is 0. The average molecular weight is 241 g/mol. The quantitative estimate of drug-likeness (QED) is 0.650. The van der Waals surface area contributed by atoms with Crippen LogP contribution in [0.15, 0.2) is 18.2 Å². The Balaban J connectivity index is 2.22. The molecule has 1 aliphatic rings. The van der Waals surface area contributed by atoms with E-state index in [9.17, 15) is 10.1 Å². The van der Waals surface area contributed by atoms with Gasteiger partial charge in [0.05, 0.1) is 4.92 Å². The normalized spacial score (nSPS) is 17.1. The molecule has 0 unspecified atom stereocenters. The summed E-state index contributed by atoms with van der Waals surface area (Å²) in [4.78, 5) is 10.2. The number of hydrogen-bond donors (Lipinski definition) is 1. The standard InChI is InChI=1S/C11H13ClN2O2/c12-10-4-3-8(14(15)16)6-9(10)11(13)5-7-1-2-7/h3-4,6-7,11H,1-2,5,13H2/t11-/m0/s1. The van der Waals surface area contributed by atoms with Gasteiger partial charge in [-0.2, -0.15) is 0 Å². The van der Waals surface area contributed by atoms with Crippen LogP contribution in [-0.2, 0) is 0 Å². The monoisotopic (exact) mass is 240 g/mol. The lowest BCUT2D eigenvalue weighted by atomic mass is 10.0. The molecule has 0 saturated heterocycles. The first-order valence-electron chi connectivity index (χ1n) is 5.27. The van der Waals surface area contributed by atoms with E-state index >= 15 is 0 Å². The summed E-state index contributed by atoms with van der Waals surface area (Å²) >= 11 is 6.00. The Labute approximate surface area is 98.5 Å². The van der Waals surface area contributed by atoms with E-state index in [1.807, 2.05) is 0 Å². The highest BCUT2D eigenvalue weighted by molar-refractivity contribution is 6.31. The van der Waals surface area contributed by atoms with Crippen LogP contribution in [0.25, 0.3) is 0 Å². The Bertz CT molecular complexity index is 418. The molecular formula is C11H13ClN2O2. The largest absolute Gasteiger partial charge is 0.324 e. The molecule has 4 nitrogen and oxygen atoms in total. The molecular weight excluding hydrogens is 228 g/mol. The minimum absolute atomic E-state index is 0.0469. The van der Waals surface area contributed by atoms with Crippen LogP contribution < -0.4 is 5.73 Å². The summed E-state index contributed by atoms with van der Waals surface area (Å²) in [7, 11) is 0. The van der Waals surface area contributed by atoms with Gasteiger partial charge in [0.2, 0.25) is 0 Å². The Kier molecular flexibility index (Phi) is 3.12. The molecule has 1 aromatic rings. The molecule has 1 aromatic carbocycles. The molecule has 2 N–H and O–H groups in total. The topological polar surface area (TPSA) is 69.2 Å². The van der Waals surface area contributed by atoms with Gasteiger partial charge in [-0.25, -0.2) is 0 Å². The van der Waals surface area contributed by atoms with E-state index in [-0.39, 0.29) is 11.7 Å². The van der Waals surface area contributed by atoms with Gasteiger partial charge in [-0.05, 0) is 24.0 Å². The Morgan fingerprint density at radius 3 is 2.81 bits per heavy atom. The highest BCUT2D eigenvalue weighted by Gasteiger charge is 2.26. The summed E-state index contributed by atoms with van der Waals surface area (Å²) in [5, 5.41) is 11.2. The van der Waals surface area contributed by atoms with Crippen LogP contribution in [0.3, 0.4) is 0 Å². The van der Waals surface area contributed by atoms with Crippen molar-refractivity contribution in [1.82, 2.24) is 0 Å². The lowest BCUT2D eigenvalue weighted by Crippen LogP contribution is -2.11. The summed E-state index contributed by atoms with van der Waals surface area (Å²) in [5.74, 6) is 0.672. The van der Waals surface area contributed by atoms with E-state index in [1.54, 1.807) is 6.07 Å². The molecule has 0 heterocycles. The molecule has 0 amide bonds. The van der Waals surface area contributed by atoms with E-state index in [1.165, 1.54) is 25.0 Å². The summed E-state index contributed by atoms with van der Waals surface area (Å²) in [6.07, 6.45) is 3.28. The van der Waals surface area contributed by atoms with Crippen LogP contribution in [0.2, 0.25) is 5.02 Å². The SMILES string of the molecule is N[C@@H](CC1CC1)c1cc([N+](=O)[O-])ccc1Cl. The van der Waals surface area contributed by atoms with E-state index in [2.05, 4.69) is 0 Å². The minimum Gasteiger partial charge on any atom is -0.324 e. The molecule has 1 atom stereocenters. The van der Waals surface area contributed by atoms with Crippen LogP contribution in [0, 0.1) is 16.0 Å². The lowest BCUT2D eigenvalue weighted by Gasteiger charge is -2.12. The summed E-state index contributed by atoms with van der Waals surface area (Å²) in [5.41, 5.74) is 6.73. The van der Waals surface area contributed by atoms with Crippen molar-refractivity contribution < 1.29 is 4.92 Å². The van der Waals surface area contributed by atoms with Gasteiger partial charge in [0.25, 0.3) is 5.69 Å². The van der Waals surface area contributed by atoms with Gasteiger partial charge in [0, 0.05) is 23.2 Å². The molecule has 1 saturated carbocycles. The molecule has 1 aliphatic carbocycles. The Morgan fingerprint density at radius 2 is 2.25 bits per heavy atom. The van der Waals surface area contributed by atoms with E-state index in [4.69, 9.17) is 17.3 Å². The fourth-order valence-electron chi connectivity index (χ4n) is 1.77. The van der Waals surface area contributed by atoms with Crippen LogP contribution in [0.5, 0.6) is 0 Å². The third-order valence-electron chi connectivity index (χ3n) is 2.87. The molecule has 1 fully saturated rings. The maximum absolute atomic E-state index is 10.6. The van der Waals surface area contributed by atoms with E-state index in [0.717, 1.165) is 6.42 Å². The van der Waals surface area contributed by atoms with Gasteiger partial charge in [0.15, 0.2) is 0 Å². The summed E-state index contributed by atoms with van der Waals surface area (Å²) in [6.45, 7) is 0. The van der Waals surface area contributed by atoms with E-state index < -0.39 is 4.92 Å². The first kappa shape index (κ1) is 11.4. The Morgan fingerprint density at radius 1 is 1.56 bits per heavy atom. The van der Waals surface area contributed by atoms with Gasteiger partial charge >= 0.3 is 0 Å². The first-order valence-corrected chi connectivity index (χ1v) is 5.65. The highest BCUT2D eigenvalue weighted by atomic mass is 35.5. The van der Waals surface area contributed by atoms with Gasteiger partial charge in [-0.3, -0.25) is 10.1 Å². The number of non-ortho nitro benzene ring substituents is 1. The smallest absolute Gasteiger partial charge is 0.269 e. The molecule has 0 aromatic heterocycles. The lowest BCUT2D eigenvalue weighted by molar-refractivity contribution is -0.384. The number of rotatable bonds is 4. The Hall–Kier alpha value is -1.13. The number of benzene rings is 1. The van der Waals surface area contributed by atoms with Crippen LogP contribution in [0.4, 0.5) is 5.69 Å². The summed E-state index contributed by atoms with van der Waals surface area (Å²) in [6, 6.07) is 4.23. The number of hydrogen-bond acceptors (Lipinski definition) is 3. The van der Waals surface area contributed by atoms with Crippen molar-refractivity contribution >= 4 is 17.3 Å². The predicted molar refractivity (Wildman–Crippen MR) is 62.4 cm³/mol. The van der Waals surface area contributed by atoms with Gasteiger partial charge in [-0.15, -0.1) is 0 Å². The number of nitro benzene ring substituents is 1. The molecule has 0 bridgehead atoms. The van der Waals surface area contributed by atoms with Crippen molar-refractivity contribution in [2.24, 2.45) is 11.7 Å². The fourth-order valence-corrected chi connectivity index (χ4v) is 2.03. The van der Waals surface area contributed by atoms with E-state index in [0.29, 0.717) is 16.5 Å². The fraction of sp³-hybridized carbons (Fsp3) is 0.455. The molecule has 0 aliphatic heterocycles. The van der Waals surface area contributed by atoms with Crippen molar-refractivity contribution in [2.45, 2.75) is 25.3 Å². The third kappa shape index (κ3) is 2.51. The average Bonchev–Trinajstić information content (AvgIpc) is 3.01. The van der Waals surface area contributed by atoms with Crippen molar-refractivity contribution in [1.29, 1.82) is 0 Å². The second kappa shape index (κ2) is 4.39. The maximum Gasteiger partial charge on any atom is 0.269 e. The van der Waals surface area contributed by atoms with Gasteiger partial charge < -0.3 is 5.73 Å². The second-order valence-electron chi connectivity index (χ2n) is 4.25. The highest BCUT2D eigenvalue weighted by Crippen LogP contribution is 2.38.